The SMILES string of the molecule is CC1CN(C)CCN1c1cc(NC(=O)Cn2cc(-c3cc(F)c(O)c(C(N)=O)c3)c3c(=O)n(CC#Cc4cnn(C)c4)cnc32)c(Cl)c(F)n1. The van der Waals surface area contributed by atoms with E-state index in [1.807, 2.05) is 18.9 Å². The molecular formula is C33H31ClF2N10O4. The number of aromatic hydroxyl groups is 1. The van der Waals surface area contributed by atoms with Crippen LogP contribution in [0, 0.1) is 23.6 Å². The number of aromatic nitrogens is 6. The van der Waals surface area contributed by atoms with E-state index in [2.05, 4.69) is 37.1 Å². The Morgan fingerprint density at radius 1 is 1.16 bits per heavy atom. The molecule has 5 heterocycles. The van der Waals surface area contributed by atoms with Gasteiger partial charge < -0.3 is 30.5 Å². The van der Waals surface area contributed by atoms with E-state index >= 15 is 0 Å². The van der Waals surface area contributed by atoms with Gasteiger partial charge in [-0.25, -0.2) is 14.4 Å². The zero-order valence-electron chi connectivity index (χ0n) is 27.1. The number of hydrogen-bond donors (Lipinski definition) is 3. The Morgan fingerprint density at radius 2 is 1.94 bits per heavy atom. The number of benzene rings is 1. The maximum absolute atomic E-state index is 14.9. The molecule has 17 heteroatoms. The third-order valence-electron chi connectivity index (χ3n) is 8.29. The summed E-state index contributed by atoms with van der Waals surface area (Å²) in [5.74, 6) is 1.30. The first-order chi connectivity index (χ1) is 23.8. The molecule has 50 heavy (non-hydrogen) atoms. The van der Waals surface area contributed by atoms with Crippen LogP contribution in [-0.2, 0) is 24.9 Å². The maximum Gasteiger partial charge on any atom is 0.264 e. The van der Waals surface area contributed by atoms with Gasteiger partial charge in [0.25, 0.3) is 11.5 Å². The van der Waals surface area contributed by atoms with E-state index in [0.29, 0.717) is 17.9 Å². The summed E-state index contributed by atoms with van der Waals surface area (Å²) in [4.78, 5) is 51.8. The van der Waals surface area contributed by atoms with Gasteiger partial charge in [-0.1, -0.05) is 23.4 Å². The number of phenols is 1. The third-order valence-corrected chi connectivity index (χ3v) is 8.65. The molecule has 6 rings (SSSR count). The van der Waals surface area contributed by atoms with Crippen molar-refractivity contribution in [2.75, 3.05) is 36.9 Å². The highest BCUT2D eigenvalue weighted by Crippen LogP contribution is 2.34. The van der Waals surface area contributed by atoms with E-state index < -0.39 is 47.0 Å². The summed E-state index contributed by atoms with van der Waals surface area (Å²) >= 11 is 6.23. The summed E-state index contributed by atoms with van der Waals surface area (Å²) in [7, 11) is 3.73. The molecule has 258 valence electrons. The van der Waals surface area contributed by atoms with E-state index in [-0.39, 0.29) is 45.5 Å². The predicted octanol–water partition coefficient (Wildman–Crippen LogP) is 2.56. The van der Waals surface area contributed by atoms with Gasteiger partial charge in [-0.3, -0.25) is 23.6 Å². The highest BCUT2D eigenvalue weighted by molar-refractivity contribution is 6.33. The first-order valence-corrected chi connectivity index (χ1v) is 15.7. The van der Waals surface area contributed by atoms with Gasteiger partial charge >= 0.3 is 0 Å². The first-order valence-electron chi connectivity index (χ1n) is 15.3. The van der Waals surface area contributed by atoms with Gasteiger partial charge in [0, 0.05) is 56.7 Å². The molecule has 0 aliphatic carbocycles. The fourth-order valence-corrected chi connectivity index (χ4v) is 6.01. The zero-order valence-corrected chi connectivity index (χ0v) is 27.9. The van der Waals surface area contributed by atoms with Gasteiger partial charge in [-0.2, -0.15) is 9.49 Å². The summed E-state index contributed by atoms with van der Waals surface area (Å²) < 4.78 is 33.9. The van der Waals surface area contributed by atoms with Crippen LogP contribution in [-0.4, -0.2) is 83.4 Å². The Kier molecular flexibility index (Phi) is 9.28. The Bertz CT molecular complexity index is 2290. The number of nitrogens with two attached hydrogens (primary N) is 1. The van der Waals surface area contributed by atoms with Crippen molar-refractivity contribution in [3.63, 3.8) is 0 Å². The average molecular weight is 705 g/mol. The first kappa shape index (κ1) is 34.1. The number of carbonyl (C=O) groups is 2. The van der Waals surface area contributed by atoms with Gasteiger partial charge in [-0.05, 0) is 31.7 Å². The lowest BCUT2D eigenvalue weighted by Crippen LogP contribution is -2.50. The number of primary amides is 1. The van der Waals surface area contributed by atoms with Crippen LogP contribution in [0.25, 0.3) is 22.2 Å². The number of piperazine rings is 1. The van der Waals surface area contributed by atoms with E-state index in [0.717, 1.165) is 25.2 Å². The molecule has 14 nitrogen and oxygen atoms in total. The quantitative estimate of drug-likeness (QED) is 0.170. The number of halogens is 3. The number of likely N-dealkylation sites (N-methyl/N-ethyl adjacent to an activating group) is 1. The lowest BCUT2D eigenvalue weighted by Gasteiger charge is -2.39. The molecule has 0 spiro atoms. The predicted molar refractivity (Wildman–Crippen MR) is 182 cm³/mol. The van der Waals surface area contributed by atoms with E-state index in [1.165, 1.54) is 27.7 Å². The molecule has 1 fully saturated rings. The molecule has 0 bridgehead atoms. The molecule has 4 N–H and O–H groups in total. The number of amides is 2. The second kappa shape index (κ2) is 13.6. The molecule has 0 radical (unpaired) electrons. The van der Waals surface area contributed by atoms with Gasteiger partial charge in [0.15, 0.2) is 11.6 Å². The van der Waals surface area contributed by atoms with Gasteiger partial charge in [0.1, 0.15) is 29.4 Å². The lowest BCUT2D eigenvalue weighted by molar-refractivity contribution is -0.116. The van der Waals surface area contributed by atoms with Crippen LogP contribution in [0.3, 0.4) is 0 Å². The fourth-order valence-electron chi connectivity index (χ4n) is 5.87. The van der Waals surface area contributed by atoms with Crippen molar-refractivity contribution in [1.29, 1.82) is 0 Å². The van der Waals surface area contributed by atoms with Crippen molar-refractivity contribution in [2.24, 2.45) is 12.8 Å². The Hall–Kier alpha value is -5.79. The van der Waals surface area contributed by atoms with Crippen LogP contribution >= 0.6 is 11.6 Å². The minimum Gasteiger partial charge on any atom is -0.504 e. The van der Waals surface area contributed by atoms with E-state index in [4.69, 9.17) is 17.3 Å². The topological polar surface area (TPSA) is 169 Å². The normalized spacial score (nSPS) is 14.8. The minimum absolute atomic E-state index is 0.00353. The molecule has 1 saturated heterocycles. The third kappa shape index (κ3) is 6.73. The second-order valence-electron chi connectivity index (χ2n) is 12.0. The van der Waals surface area contributed by atoms with Crippen molar-refractivity contribution >= 4 is 46.0 Å². The molecule has 1 aliphatic heterocycles. The summed E-state index contributed by atoms with van der Waals surface area (Å²) in [6.45, 7) is 3.53. The van der Waals surface area contributed by atoms with Crippen molar-refractivity contribution in [3.05, 3.63) is 81.4 Å². The van der Waals surface area contributed by atoms with Gasteiger partial charge in [0.05, 0.1) is 34.9 Å². The van der Waals surface area contributed by atoms with Gasteiger partial charge in [-0.15, -0.1) is 0 Å². The van der Waals surface area contributed by atoms with Crippen molar-refractivity contribution < 1.29 is 23.5 Å². The molecular weight excluding hydrogens is 674 g/mol. The Labute approximate surface area is 288 Å². The summed E-state index contributed by atoms with van der Waals surface area (Å²) in [6.07, 6.45) is 5.91. The number of anilines is 2. The fraction of sp³-hybridized carbons (Fsp3) is 0.273. The molecule has 2 amide bonds. The molecule has 4 aromatic heterocycles. The molecule has 1 aliphatic rings. The summed E-state index contributed by atoms with van der Waals surface area (Å²) in [5.41, 5.74) is 5.07. The van der Waals surface area contributed by atoms with Crippen LogP contribution in [0.1, 0.15) is 22.8 Å². The number of rotatable bonds is 7. The highest BCUT2D eigenvalue weighted by atomic mass is 35.5. The Morgan fingerprint density at radius 3 is 2.64 bits per heavy atom. The molecule has 1 aromatic carbocycles. The smallest absolute Gasteiger partial charge is 0.264 e. The van der Waals surface area contributed by atoms with Crippen LogP contribution in [0.2, 0.25) is 5.02 Å². The number of pyridine rings is 1. The van der Waals surface area contributed by atoms with Crippen molar-refractivity contribution in [1.82, 2.24) is 33.8 Å². The Balaban J connectivity index is 1.37. The van der Waals surface area contributed by atoms with Crippen LogP contribution in [0.4, 0.5) is 20.3 Å². The number of nitrogens with zero attached hydrogens (tertiary/aromatic N) is 8. The number of nitrogens with one attached hydrogen (secondary N) is 1. The summed E-state index contributed by atoms with van der Waals surface area (Å²) in [6, 6.07) is 3.59. The van der Waals surface area contributed by atoms with Crippen molar-refractivity contribution in [3.8, 4) is 28.7 Å². The monoisotopic (exact) mass is 704 g/mol. The van der Waals surface area contributed by atoms with E-state index in [1.54, 1.807) is 24.1 Å². The number of hydrogen-bond acceptors (Lipinski definition) is 9. The van der Waals surface area contributed by atoms with Crippen molar-refractivity contribution in [2.45, 2.75) is 26.1 Å². The summed E-state index contributed by atoms with van der Waals surface area (Å²) in [5, 5.41) is 16.4. The molecule has 1 atom stereocenters. The zero-order chi connectivity index (χ0) is 35.9. The highest BCUT2D eigenvalue weighted by Gasteiger charge is 2.26. The molecule has 1 unspecified atom stereocenters. The van der Waals surface area contributed by atoms with Crippen LogP contribution < -0.4 is 21.5 Å². The molecule has 5 aromatic rings. The molecule has 0 saturated carbocycles. The van der Waals surface area contributed by atoms with Crippen LogP contribution in [0.5, 0.6) is 5.75 Å². The lowest BCUT2D eigenvalue weighted by atomic mass is 10.0. The van der Waals surface area contributed by atoms with Crippen LogP contribution in [0.15, 0.2) is 47.9 Å². The number of fused-ring (bicyclic) bond motifs is 1. The standard InChI is InChI=1S/C33H31ClF2N10O4/c1-18-13-42(2)7-8-46(18)25-11-24(28(34)30(36)41-25)40-26(47)16-45-15-22(20-9-21(31(37)49)29(48)23(35)10-20)27-32(45)38-17-44(33(27)50)6-4-5-19-12-39-43(3)14-19/h9-12,14-15,17-18,48H,6-8,13,16H2,1-3H3,(H2,37,49)(H,40,41,47). The number of carbonyl (C=O) groups excluding carboxylic acids is 2. The second-order valence-corrected chi connectivity index (χ2v) is 12.3. The largest absolute Gasteiger partial charge is 0.504 e. The maximum atomic E-state index is 14.9. The minimum atomic E-state index is -1.15. The number of aryl methyl sites for hydroxylation is 1. The van der Waals surface area contributed by atoms with Gasteiger partial charge in [0.2, 0.25) is 11.9 Å². The van der Waals surface area contributed by atoms with E-state index in [9.17, 15) is 28.3 Å². The average Bonchev–Trinajstić information content (AvgIpc) is 3.64.